The summed E-state index contributed by atoms with van der Waals surface area (Å²) in [6, 6.07) is 1.97. The van der Waals surface area contributed by atoms with Crippen molar-refractivity contribution in [3.05, 3.63) is 21.4 Å². The zero-order valence-electron chi connectivity index (χ0n) is 11.5. The van der Waals surface area contributed by atoms with E-state index in [1.165, 1.54) is 21.8 Å². The monoisotopic (exact) mass is 283 g/mol. The number of amides is 1. The molecule has 0 fully saturated rings. The van der Waals surface area contributed by atoms with Crippen LogP contribution >= 0.6 is 11.3 Å². The first-order valence-electron chi connectivity index (χ1n) is 6.64. The van der Waals surface area contributed by atoms with Crippen molar-refractivity contribution in [1.82, 2.24) is 5.32 Å². The van der Waals surface area contributed by atoms with E-state index in [0.29, 0.717) is 19.4 Å². The molecule has 1 aromatic heterocycles. The zero-order chi connectivity index (χ0) is 14.3. The number of nitrogens with one attached hydrogen (secondary N) is 1. The Morgan fingerprint density at radius 3 is 2.74 bits per heavy atom. The highest BCUT2D eigenvalue weighted by Crippen LogP contribution is 2.22. The zero-order valence-corrected chi connectivity index (χ0v) is 12.3. The van der Waals surface area contributed by atoms with Gasteiger partial charge in [-0.3, -0.25) is 9.59 Å². The second kappa shape index (κ2) is 7.94. The number of carbonyl (C=O) groups excluding carboxylic acids is 1. The highest BCUT2D eigenvalue weighted by atomic mass is 32.1. The molecule has 0 aliphatic heterocycles. The van der Waals surface area contributed by atoms with Gasteiger partial charge in [0.1, 0.15) is 0 Å². The van der Waals surface area contributed by atoms with Gasteiger partial charge in [0.15, 0.2) is 0 Å². The molecule has 0 radical (unpaired) electrons. The Bertz CT molecular complexity index is 440. The summed E-state index contributed by atoms with van der Waals surface area (Å²) in [7, 11) is 0. The number of hydrogen-bond acceptors (Lipinski definition) is 3. The first-order valence-corrected chi connectivity index (χ1v) is 7.45. The van der Waals surface area contributed by atoms with Gasteiger partial charge < -0.3 is 10.4 Å². The fourth-order valence-corrected chi connectivity index (χ4v) is 2.83. The summed E-state index contributed by atoms with van der Waals surface area (Å²) in [5.41, 5.74) is 1.25. The largest absolute Gasteiger partial charge is 0.481 e. The van der Waals surface area contributed by atoms with Crippen molar-refractivity contribution < 1.29 is 14.7 Å². The molecule has 1 rings (SSSR count). The number of aryl methyl sites for hydroxylation is 2. The molecular formula is C14H21NO3S. The van der Waals surface area contributed by atoms with Crippen LogP contribution in [-0.4, -0.2) is 23.5 Å². The van der Waals surface area contributed by atoms with Crippen LogP contribution in [-0.2, 0) is 11.2 Å². The number of hydrogen-bond donors (Lipinski definition) is 2. The summed E-state index contributed by atoms with van der Waals surface area (Å²) in [5, 5.41) is 11.3. The molecule has 0 aliphatic rings. The lowest BCUT2D eigenvalue weighted by Crippen LogP contribution is -2.23. The molecule has 0 aliphatic carbocycles. The number of carboxylic acids is 1. The first kappa shape index (κ1) is 15.7. The molecule has 0 unspecified atom stereocenters. The van der Waals surface area contributed by atoms with Crippen LogP contribution in [0.3, 0.4) is 0 Å². The van der Waals surface area contributed by atoms with E-state index in [-0.39, 0.29) is 12.3 Å². The predicted molar refractivity (Wildman–Crippen MR) is 76.9 cm³/mol. The van der Waals surface area contributed by atoms with Gasteiger partial charge in [0.05, 0.1) is 4.88 Å². The number of carbonyl (C=O) groups is 2. The lowest BCUT2D eigenvalue weighted by atomic mass is 10.1. The third-order valence-corrected chi connectivity index (χ3v) is 3.96. The summed E-state index contributed by atoms with van der Waals surface area (Å²) >= 11 is 1.52. The van der Waals surface area contributed by atoms with E-state index < -0.39 is 5.97 Å². The lowest BCUT2D eigenvalue weighted by Gasteiger charge is -2.02. The van der Waals surface area contributed by atoms with Crippen LogP contribution in [0.5, 0.6) is 0 Å². The minimum absolute atomic E-state index is 0.0502. The predicted octanol–water partition coefficient (Wildman–Crippen LogP) is 2.99. The molecule has 2 N–H and O–H groups in total. The Balaban J connectivity index is 2.37. The SMILES string of the molecule is CCCc1cc(C(=O)NCCCCC(=O)O)sc1C. The molecule has 0 atom stereocenters. The van der Waals surface area contributed by atoms with Crippen LogP contribution in [0.15, 0.2) is 6.07 Å². The molecular weight excluding hydrogens is 262 g/mol. The second-order valence-corrected chi connectivity index (χ2v) is 5.81. The van der Waals surface area contributed by atoms with Crippen molar-refractivity contribution in [2.45, 2.75) is 46.0 Å². The van der Waals surface area contributed by atoms with Gasteiger partial charge >= 0.3 is 5.97 Å². The van der Waals surface area contributed by atoms with Gasteiger partial charge in [-0.15, -0.1) is 11.3 Å². The van der Waals surface area contributed by atoms with E-state index in [0.717, 1.165) is 17.7 Å². The van der Waals surface area contributed by atoms with E-state index >= 15 is 0 Å². The minimum Gasteiger partial charge on any atom is -0.481 e. The number of carboxylic acid groups (broad SMARTS) is 1. The highest BCUT2D eigenvalue weighted by Gasteiger charge is 2.11. The third kappa shape index (κ3) is 5.42. The summed E-state index contributed by atoms with van der Waals surface area (Å²) < 4.78 is 0. The standard InChI is InChI=1S/C14H21NO3S/c1-3-6-11-9-12(19-10(11)2)14(18)15-8-5-4-7-13(16)17/h9H,3-8H2,1-2H3,(H,15,18)(H,16,17). The van der Waals surface area contributed by atoms with E-state index in [1.54, 1.807) is 0 Å². The Kier molecular flexibility index (Phi) is 6.56. The van der Waals surface area contributed by atoms with Crippen molar-refractivity contribution in [2.24, 2.45) is 0 Å². The van der Waals surface area contributed by atoms with Gasteiger partial charge in [-0.05, 0) is 37.8 Å². The smallest absolute Gasteiger partial charge is 0.303 e. The molecule has 1 aromatic rings. The number of unbranched alkanes of at least 4 members (excludes halogenated alkanes) is 1. The second-order valence-electron chi connectivity index (χ2n) is 4.55. The Morgan fingerprint density at radius 2 is 2.11 bits per heavy atom. The molecule has 1 amide bonds. The molecule has 4 nitrogen and oxygen atoms in total. The molecule has 1 heterocycles. The van der Waals surface area contributed by atoms with Gasteiger partial charge in [0.25, 0.3) is 5.91 Å². The Hall–Kier alpha value is -1.36. The molecule has 0 aromatic carbocycles. The van der Waals surface area contributed by atoms with Gasteiger partial charge in [-0.2, -0.15) is 0 Å². The summed E-state index contributed by atoms with van der Waals surface area (Å²) in [4.78, 5) is 24.2. The normalized spacial score (nSPS) is 10.4. The maximum atomic E-state index is 11.9. The van der Waals surface area contributed by atoms with Crippen molar-refractivity contribution in [3.63, 3.8) is 0 Å². The van der Waals surface area contributed by atoms with Crippen LogP contribution in [0.4, 0.5) is 0 Å². The number of rotatable bonds is 8. The lowest BCUT2D eigenvalue weighted by molar-refractivity contribution is -0.137. The number of thiophene rings is 1. The summed E-state index contributed by atoms with van der Waals surface area (Å²) in [6.07, 6.45) is 3.54. The van der Waals surface area contributed by atoms with Crippen LogP contribution in [0.25, 0.3) is 0 Å². The molecule has 106 valence electrons. The van der Waals surface area contributed by atoms with E-state index in [1.807, 2.05) is 13.0 Å². The summed E-state index contributed by atoms with van der Waals surface area (Å²) in [6.45, 7) is 4.70. The van der Waals surface area contributed by atoms with Crippen LogP contribution in [0.1, 0.15) is 52.7 Å². The topological polar surface area (TPSA) is 66.4 Å². The minimum atomic E-state index is -0.788. The molecule has 0 bridgehead atoms. The molecule has 0 saturated carbocycles. The van der Waals surface area contributed by atoms with Crippen molar-refractivity contribution in [1.29, 1.82) is 0 Å². The summed E-state index contributed by atoms with van der Waals surface area (Å²) in [5.74, 6) is -0.838. The van der Waals surface area contributed by atoms with Crippen molar-refractivity contribution in [2.75, 3.05) is 6.54 Å². The fourth-order valence-electron chi connectivity index (χ4n) is 1.84. The van der Waals surface area contributed by atoms with Gasteiger partial charge in [0, 0.05) is 17.8 Å². The maximum absolute atomic E-state index is 11.9. The number of aliphatic carboxylic acids is 1. The molecule has 0 saturated heterocycles. The van der Waals surface area contributed by atoms with E-state index in [2.05, 4.69) is 12.2 Å². The van der Waals surface area contributed by atoms with Gasteiger partial charge in [-0.25, -0.2) is 0 Å². The Morgan fingerprint density at radius 1 is 1.37 bits per heavy atom. The molecule has 0 spiro atoms. The van der Waals surface area contributed by atoms with Crippen LogP contribution in [0.2, 0.25) is 0 Å². The highest BCUT2D eigenvalue weighted by molar-refractivity contribution is 7.14. The van der Waals surface area contributed by atoms with Crippen molar-refractivity contribution in [3.8, 4) is 0 Å². The molecule has 19 heavy (non-hydrogen) atoms. The van der Waals surface area contributed by atoms with Crippen LogP contribution < -0.4 is 5.32 Å². The Labute approximate surface area is 117 Å². The average Bonchev–Trinajstić information content (AvgIpc) is 2.70. The quantitative estimate of drug-likeness (QED) is 0.721. The van der Waals surface area contributed by atoms with Crippen molar-refractivity contribution >= 4 is 23.2 Å². The van der Waals surface area contributed by atoms with Gasteiger partial charge in [-0.1, -0.05) is 13.3 Å². The molecule has 5 heteroatoms. The maximum Gasteiger partial charge on any atom is 0.303 e. The van der Waals surface area contributed by atoms with E-state index in [4.69, 9.17) is 5.11 Å². The first-order chi connectivity index (χ1) is 9.04. The van der Waals surface area contributed by atoms with Gasteiger partial charge in [0.2, 0.25) is 0 Å². The van der Waals surface area contributed by atoms with E-state index in [9.17, 15) is 9.59 Å². The van der Waals surface area contributed by atoms with Crippen LogP contribution in [0, 0.1) is 6.92 Å². The fraction of sp³-hybridized carbons (Fsp3) is 0.571. The third-order valence-electron chi connectivity index (χ3n) is 2.87. The average molecular weight is 283 g/mol.